The van der Waals surface area contributed by atoms with Crippen LogP contribution in [0.3, 0.4) is 0 Å². The van der Waals surface area contributed by atoms with Crippen molar-refractivity contribution in [1.29, 1.82) is 0 Å². The topological polar surface area (TPSA) is 80.9 Å². The third-order valence-electron chi connectivity index (χ3n) is 7.33. The van der Waals surface area contributed by atoms with E-state index in [0.717, 1.165) is 55.6 Å². The predicted molar refractivity (Wildman–Crippen MR) is 145 cm³/mol. The Bertz CT molecular complexity index is 1340. The smallest absolute Gasteiger partial charge is 0.118 e. The van der Waals surface area contributed by atoms with Gasteiger partial charge in [0, 0.05) is 11.8 Å². The fraction of sp³-hybridized carbons (Fsp3) is 0.250. The maximum atomic E-state index is 10.4. The summed E-state index contributed by atoms with van der Waals surface area (Å²) in [6.45, 7) is 11.6. The van der Waals surface area contributed by atoms with Gasteiger partial charge in [0.15, 0.2) is 0 Å². The first-order chi connectivity index (χ1) is 17.0. The van der Waals surface area contributed by atoms with Crippen molar-refractivity contribution in [3.8, 4) is 23.0 Å². The van der Waals surface area contributed by atoms with Crippen LogP contribution in [0.1, 0.15) is 67.5 Å². The maximum Gasteiger partial charge on any atom is 0.118 e. The second-order valence-corrected chi connectivity index (χ2v) is 10.0. The first-order valence-corrected chi connectivity index (χ1v) is 12.2. The standard InChI is InChI=1S/C32H34O4/c1-17-15-29(35)21(5)13-25(17)32(26-14-22(6)30(36)16-18(26)2)31(23-7-9-27(33)19(3)11-23)24-8-10-28(34)20(4)12-24/h7-16,31-36H,1-6H3. The van der Waals surface area contributed by atoms with Gasteiger partial charge >= 0.3 is 0 Å². The molecule has 0 saturated carbocycles. The lowest BCUT2D eigenvalue weighted by atomic mass is 9.71. The summed E-state index contributed by atoms with van der Waals surface area (Å²) in [4.78, 5) is 0. The summed E-state index contributed by atoms with van der Waals surface area (Å²) in [7, 11) is 0. The molecule has 4 heteroatoms. The van der Waals surface area contributed by atoms with Gasteiger partial charge < -0.3 is 20.4 Å². The lowest BCUT2D eigenvalue weighted by Crippen LogP contribution is -2.17. The molecular formula is C32H34O4. The molecule has 4 nitrogen and oxygen atoms in total. The predicted octanol–water partition coefficient (Wildman–Crippen LogP) is 7.32. The molecule has 186 valence electrons. The number of rotatable bonds is 5. The van der Waals surface area contributed by atoms with Gasteiger partial charge in [-0.05, 0) is 121 Å². The van der Waals surface area contributed by atoms with Crippen molar-refractivity contribution in [2.75, 3.05) is 0 Å². The first-order valence-electron chi connectivity index (χ1n) is 12.2. The van der Waals surface area contributed by atoms with Gasteiger partial charge in [0.1, 0.15) is 23.0 Å². The van der Waals surface area contributed by atoms with E-state index in [2.05, 4.69) is 0 Å². The monoisotopic (exact) mass is 482 g/mol. The molecule has 0 bridgehead atoms. The van der Waals surface area contributed by atoms with Crippen LogP contribution in [0.15, 0.2) is 60.7 Å². The van der Waals surface area contributed by atoms with Gasteiger partial charge in [-0.25, -0.2) is 0 Å². The minimum Gasteiger partial charge on any atom is -0.508 e. The van der Waals surface area contributed by atoms with E-state index in [0.29, 0.717) is 0 Å². The summed E-state index contributed by atoms with van der Waals surface area (Å²) in [6.07, 6.45) is 0. The Kier molecular flexibility index (Phi) is 6.73. The molecule has 36 heavy (non-hydrogen) atoms. The van der Waals surface area contributed by atoms with Crippen LogP contribution < -0.4 is 0 Å². The second kappa shape index (κ2) is 9.62. The summed E-state index contributed by atoms with van der Waals surface area (Å²) in [5, 5.41) is 41.4. The molecular weight excluding hydrogens is 448 g/mol. The SMILES string of the molecule is Cc1cc(C(c2ccc(O)c(C)c2)C(c2cc(C)c(O)cc2C)c2cc(C)c(O)cc2C)ccc1O. The quantitative estimate of drug-likeness (QED) is 0.240. The van der Waals surface area contributed by atoms with E-state index < -0.39 is 0 Å². The van der Waals surface area contributed by atoms with Gasteiger partial charge in [0.25, 0.3) is 0 Å². The molecule has 4 rings (SSSR count). The Morgan fingerprint density at radius 2 is 0.750 bits per heavy atom. The Labute approximate surface area is 213 Å². The van der Waals surface area contributed by atoms with Gasteiger partial charge in [-0.1, -0.05) is 36.4 Å². The number of aromatic hydroxyl groups is 4. The van der Waals surface area contributed by atoms with E-state index in [9.17, 15) is 20.4 Å². The highest BCUT2D eigenvalue weighted by Gasteiger charge is 2.32. The molecule has 0 fully saturated rings. The normalized spacial score (nSPS) is 11.4. The Morgan fingerprint density at radius 3 is 1.11 bits per heavy atom. The number of aryl methyl sites for hydroxylation is 6. The molecule has 0 aliphatic heterocycles. The summed E-state index contributed by atoms with van der Waals surface area (Å²) >= 11 is 0. The average molecular weight is 483 g/mol. The molecule has 0 radical (unpaired) electrons. The lowest BCUT2D eigenvalue weighted by molar-refractivity contribution is 0.468. The molecule has 4 aromatic rings. The number of phenols is 4. The fourth-order valence-electron chi connectivity index (χ4n) is 5.16. The molecule has 0 unspecified atom stereocenters. The molecule has 0 atom stereocenters. The summed E-state index contributed by atoms with van der Waals surface area (Å²) in [5.41, 5.74) is 9.25. The molecule has 0 aromatic heterocycles. The Morgan fingerprint density at radius 1 is 0.389 bits per heavy atom. The van der Waals surface area contributed by atoms with Crippen LogP contribution in [0.4, 0.5) is 0 Å². The van der Waals surface area contributed by atoms with Gasteiger partial charge in [-0.2, -0.15) is 0 Å². The van der Waals surface area contributed by atoms with E-state index in [-0.39, 0.29) is 34.8 Å². The van der Waals surface area contributed by atoms with Crippen molar-refractivity contribution in [2.45, 2.75) is 53.4 Å². The zero-order valence-corrected chi connectivity index (χ0v) is 21.7. The minimum absolute atomic E-state index is 0.170. The molecule has 0 heterocycles. The molecule has 4 N–H and O–H groups in total. The van der Waals surface area contributed by atoms with Crippen LogP contribution in [0.25, 0.3) is 0 Å². The van der Waals surface area contributed by atoms with E-state index in [1.165, 1.54) is 0 Å². The van der Waals surface area contributed by atoms with Crippen LogP contribution in [0, 0.1) is 41.5 Å². The van der Waals surface area contributed by atoms with E-state index in [1.54, 1.807) is 12.1 Å². The van der Waals surface area contributed by atoms with Crippen molar-refractivity contribution < 1.29 is 20.4 Å². The highest BCUT2D eigenvalue weighted by Crippen LogP contribution is 2.47. The zero-order valence-electron chi connectivity index (χ0n) is 21.7. The third-order valence-corrected chi connectivity index (χ3v) is 7.33. The number of phenolic OH excluding ortho intramolecular Hbond substituents is 4. The molecule has 4 aromatic carbocycles. The lowest BCUT2D eigenvalue weighted by Gasteiger charge is -2.33. The Balaban J connectivity index is 2.11. The van der Waals surface area contributed by atoms with Gasteiger partial charge in [-0.3, -0.25) is 0 Å². The van der Waals surface area contributed by atoms with Crippen molar-refractivity contribution in [1.82, 2.24) is 0 Å². The zero-order chi connectivity index (χ0) is 26.3. The molecule has 0 aliphatic carbocycles. The van der Waals surface area contributed by atoms with Gasteiger partial charge in [-0.15, -0.1) is 0 Å². The molecule has 0 aliphatic rings. The molecule has 0 saturated heterocycles. The first kappa shape index (κ1) is 25.2. The van der Waals surface area contributed by atoms with Crippen molar-refractivity contribution >= 4 is 0 Å². The Hall–Kier alpha value is -3.92. The maximum absolute atomic E-state index is 10.4. The molecule has 0 amide bonds. The minimum atomic E-state index is -0.172. The number of benzene rings is 4. The van der Waals surface area contributed by atoms with Crippen molar-refractivity contribution in [3.63, 3.8) is 0 Å². The number of hydrogen-bond donors (Lipinski definition) is 4. The van der Waals surface area contributed by atoms with Crippen LogP contribution in [-0.4, -0.2) is 20.4 Å². The van der Waals surface area contributed by atoms with Gasteiger partial charge in [0.05, 0.1) is 0 Å². The summed E-state index contributed by atoms with van der Waals surface area (Å²) in [5.74, 6) is 0.649. The highest BCUT2D eigenvalue weighted by atomic mass is 16.3. The largest absolute Gasteiger partial charge is 0.508 e. The highest BCUT2D eigenvalue weighted by molar-refractivity contribution is 5.55. The summed E-state index contributed by atoms with van der Waals surface area (Å²) in [6, 6.07) is 19.1. The molecule has 0 spiro atoms. The van der Waals surface area contributed by atoms with Crippen LogP contribution in [-0.2, 0) is 0 Å². The third kappa shape index (κ3) is 4.64. The second-order valence-electron chi connectivity index (χ2n) is 10.0. The summed E-state index contributed by atoms with van der Waals surface area (Å²) < 4.78 is 0. The fourth-order valence-corrected chi connectivity index (χ4v) is 5.16. The van der Waals surface area contributed by atoms with Crippen molar-refractivity contribution in [3.05, 3.63) is 116 Å². The number of hydrogen-bond acceptors (Lipinski definition) is 4. The van der Waals surface area contributed by atoms with E-state index in [4.69, 9.17) is 0 Å². The average Bonchev–Trinajstić information content (AvgIpc) is 2.81. The van der Waals surface area contributed by atoms with E-state index in [1.807, 2.05) is 90.1 Å². The van der Waals surface area contributed by atoms with Gasteiger partial charge in [0.2, 0.25) is 0 Å². The van der Waals surface area contributed by atoms with Crippen LogP contribution in [0.5, 0.6) is 23.0 Å². The van der Waals surface area contributed by atoms with Crippen LogP contribution in [0.2, 0.25) is 0 Å². The van der Waals surface area contributed by atoms with Crippen molar-refractivity contribution in [2.24, 2.45) is 0 Å². The van der Waals surface area contributed by atoms with Crippen LogP contribution >= 0.6 is 0 Å². The van der Waals surface area contributed by atoms with E-state index >= 15 is 0 Å².